The summed E-state index contributed by atoms with van der Waals surface area (Å²) in [6, 6.07) is 0. The first-order valence-corrected chi connectivity index (χ1v) is 5.86. The van der Waals surface area contributed by atoms with E-state index < -0.39 is 10.0 Å². The van der Waals surface area contributed by atoms with E-state index >= 15 is 0 Å². The van der Waals surface area contributed by atoms with Crippen LogP contribution in [0, 0.1) is 0 Å². The molecule has 0 saturated carbocycles. The molecule has 0 aromatic carbocycles. The molecule has 0 rings (SSSR count). The topological polar surface area (TPSA) is 46.2 Å². The highest BCUT2D eigenvalue weighted by Crippen LogP contribution is 1.93. The minimum atomic E-state index is -3.08. The van der Waals surface area contributed by atoms with E-state index in [1.54, 1.807) is 0 Å². The van der Waals surface area contributed by atoms with Crippen molar-refractivity contribution in [3.63, 3.8) is 0 Å². The van der Waals surface area contributed by atoms with Crippen LogP contribution in [0.5, 0.6) is 0 Å². The quantitative estimate of drug-likeness (QED) is 0.487. The van der Waals surface area contributed by atoms with E-state index in [4.69, 9.17) is 0 Å². The number of nitrogens with one attached hydrogen (secondary N) is 1. The molecule has 1 N–H and O–H groups in total. The van der Waals surface area contributed by atoms with Gasteiger partial charge in [-0.3, -0.25) is 0 Å². The number of hydrogen-bond donors (Lipinski definition) is 1. The molecule has 0 atom stereocenters. The molecular weight excluding hydrogens is 174 g/mol. The van der Waals surface area contributed by atoms with Crippen molar-refractivity contribution in [1.82, 2.24) is 4.72 Å². The molecule has 72 valence electrons. The highest BCUT2D eigenvalue weighted by molar-refractivity contribution is 7.89. The van der Waals surface area contributed by atoms with Crippen LogP contribution >= 0.6 is 0 Å². The third kappa shape index (κ3) is 6.37. The van der Waals surface area contributed by atoms with Gasteiger partial charge >= 0.3 is 0 Å². The van der Waals surface area contributed by atoms with Gasteiger partial charge < -0.3 is 0 Å². The lowest BCUT2D eigenvalue weighted by atomic mass is 10.3. The zero-order chi connectivity index (χ0) is 9.45. The van der Waals surface area contributed by atoms with Gasteiger partial charge in [-0.25, -0.2) is 13.1 Å². The summed E-state index contributed by atoms with van der Waals surface area (Å²) in [6.07, 6.45) is 4.47. The average molecular weight is 191 g/mol. The second-order valence-electron chi connectivity index (χ2n) is 2.67. The van der Waals surface area contributed by atoms with Crippen LogP contribution in [-0.2, 0) is 10.0 Å². The third-order valence-electron chi connectivity index (χ3n) is 1.44. The normalized spacial score (nSPS) is 11.4. The lowest BCUT2D eigenvalue weighted by molar-refractivity contribution is 0.579. The van der Waals surface area contributed by atoms with Gasteiger partial charge in [0.05, 0.1) is 5.75 Å². The van der Waals surface area contributed by atoms with Gasteiger partial charge in [0.1, 0.15) is 0 Å². The Morgan fingerprint density at radius 3 is 2.58 bits per heavy atom. The average Bonchev–Trinajstić information content (AvgIpc) is 1.98. The predicted molar refractivity (Wildman–Crippen MR) is 51.5 cm³/mol. The molecular formula is C8H17NO2S. The Bertz CT molecular complexity index is 209. The summed E-state index contributed by atoms with van der Waals surface area (Å²) in [5, 5.41) is 0. The van der Waals surface area contributed by atoms with Crippen LogP contribution in [0.1, 0.15) is 26.2 Å². The molecule has 0 aromatic heterocycles. The maximum absolute atomic E-state index is 11.0. The largest absolute Gasteiger partial charge is 0.215 e. The standard InChI is InChI=1S/C8H17NO2S/c1-3-5-6-7-9-12(10,11)8-4-2/h4,9H,2-3,5-8H2,1H3. The molecule has 0 amide bonds. The minimum absolute atomic E-state index is 0.0130. The smallest absolute Gasteiger partial charge is 0.215 e. The van der Waals surface area contributed by atoms with E-state index in [1.165, 1.54) is 6.08 Å². The molecule has 0 aliphatic carbocycles. The van der Waals surface area contributed by atoms with E-state index in [0.29, 0.717) is 6.54 Å². The van der Waals surface area contributed by atoms with E-state index in [2.05, 4.69) is 18.2 Å². The van der Waals surface area contributed by atoms with Gasteiger partial charge in [-0.1, -0.05) is 25.8 Å². The molecule has 0 radical (unpaired) electrons. The van der Waals surface area contributed by atoms with Crippen molar-refractivity contribution in [3.8, 4) is 0 Å². The molecule has 0 spiro atoms. The maximum Gasteiger partial charge on any atom is 0.215 e. The monoisotopic (exact) mass is 191 g/mol. The Balaban J connectivity index is 3.55. The highest BCUT2D eigenvalue weighted by Gasteiger charge is 2.04. The fraction of sp³-hybridized carbons (Fsp3) is 0.750. The van der Waals surface area contributed by atoms with Crippen LogP contribution in [0.3, 0.4) is 0 Å². The maximum atomic E-state index is 11.0. The Morgan fingerprint density at radius 1 is 1.42 bits per heavy atom. The summed E-state index contributed by atoms with van der Waals surface area (Å²) in [5.74, 6) is 0.0130. The molecule has 0 aliphatic rings. The van der Waals surface area contributed by atoms with E-state index in [1.807, 2.05) is 0 Å². The van der Waals surface area contributed by atoms with Crippen LogP contribution < -0.4 is 4.72 Å². The Labute approximate surface area is 74.9 Å². The van der Waals surface area contributed by atoms with Crippen LogP contribution in [0.4, 0.5) is 0 Å². The molecule has 0 bridgehead atoms. The molecule has 3 nitrogen and oxygen atoms in total. The Hall–Kier alpha value is -0.350. The lowest BCUT2D eigenvalue weighted by Gasteiger charge is -2.02. The van der Waals surface area contributed by atoms with Crippen LogP contribution in [0.2, 0.25) is 0 Å². The molecule has 0 unspecified atom stereocenters. The van der Waals surface area contributed by atoms with Crippen LogP contribution in [0.15, 0.2) is 12.7 Å². The van der Waals surface area contributed by atoms with Gasteiger partial charge in [0.15, 0.2) is 0 Å². The molecule has 12 heavy (non-hydrogen) atoms. The van der Waals surface area contributed by atoms with Gasteiger partial charge in [0, 0.05) is 6.54 Å². The molecule has 0 aromatic rings. The summed E-state index contributed by atoms with van der Waals surface area (Å²) < 4.78 is 24.5. The fourth-order valence-electron chi connectivity index (χ4n) is 0.817. The summed E-state index contributed by atoms with van der Waals surface area (Å²) in [7, 11) is -3.08. The van der Waals surface area contributed by atoms with Crippen molar-refractivity contribution in [1.29, 1.82) is 0 Å². The Kier molecular flexibility index (Phi) is 6.02. The zero-order valence-electron chi connectivity index (χ0n) is 7.54. The molecule has 0 aliphatic heterocycles. The molecule has 0 saturated heterocycles. The van der Waals surface area contributed by atoms with E-state index in [-0.39, 0.29) is 5.75 Å². The van der Waals surface area contributed by atoms with Crippen molar-refractivity contribution in [2.24, 2.45) is 0 Å². The first kappa shape index (κ1) is 11.6. The van der Waals surface area contributed by atoms with Crippen molar-refractivity contribution in [2.75, 3.05) is 12.3 Å². The van der Waals surface area contributed by atoms with Crippen molar-refractivity contribution < 1.29 is 8.42 Å². The van der Waals surface area contributed by atoms with Crippen molar-refractivity contribution in [3.05, 3.63) is 12.7 Å². The van der Waals surface area contributed by atoms with Gasteiger partial charge in [0.2, 0.25) is 10.0 Å². The molecule has 4 heteroatoms. The fourth-order valence-corrected chi connectivity index (χ4v) is 1.70. The summed E-state index contributed by atoms with van der Waals surface area (Å²) >= 11 is 0. The third-order valence-corrected chi connectivity index (χ3v) is 2.76. The summed E-state index contributed by atoms with van der Waals surface area (Å²) in [4.78, 5) is 0. The van der Waals surface area contributed by atoms with Gasteiger partial charge in [-0.2, -0.15) is 0 Å². The van der Waals surface area contributed by atoms with Crippen molar-refractivity contribution in [2.45, 2.75) is 26.2 Å². The number of unbranched alkanes of at least 4 members (excludes halogenated alkanes) is 2. The van der Waals surface area contributed by atoms with Crippen LogP contribution in [-0.4, -0.2) is 20.7 Å². The first-order chi connectivity index (χ1) is 5.62. The summed E-state index contributed by atoms with van der Waals surface area (Å²) in [5.41, 5.74) is 0. The zero-order valence-corrected chi connectivity index (χ0v) is 8.36. The van der Waals surface area contributed by atoms with Crippen molar-refractivity contribution >= 4 is 10.0 Å². The van der Waals surface area contributed by atoms with E-state index in [9.17, 15) is 8.42 Å². The minimum Gasteiger partial charge on any atom is -0.215 e. The van der Waals surface area contributed by atoms with Gasteiger partial charge in [0.25, 0.3) is 0 Å². The molecule has 0 heterocycles. The Morgan fingerprint density at radius 2 is 2.08 bits per heavy atom. The van der Waals surface area contributed by atoms with Crippen LogP contribution in [0.25, 0.3) is 0 Å². The number of sulfonamides is 1. The van der Waals surface area contributed by atoms with E-state index in [0.717, 1.165) is 19.3 Å². The SMILES string of the molecule is C=CCS(=O)(=O)NCCCCC. The molecule has 0 fully saturated rings. The first-order valence-electron chi connectivity index (χ1n) is 4.20. The van der Waals surface area contributed by atoms with Gasteiger partial charge in [-0.15, -0.1) is 6.58 Å². The second-order valence-corrected chi connectivity index (χ2v) is 4.52. The number of hydrogen-bond acceptors (Lipinski definition) is 2. The summed E-state index contributed by atoms with van der Waals surface area (Å²) in [6.45, 7) is 6.00. The highest BCUT2D eigenvalue weighted by atomic mass is 32.2. The number of rotatable bonds is 7. The second kappa shape index (κ2) is 6.20. The predicted octanol–water partition coefficient (Wildman–Crippen LogP) is 1.28. The lowest BCUT2D eigenvalue weighted by Crippen LogP contribution is -2.26. The van der Waals surface area contributed by atoms with Gasteiger partial charge in [-0.05, 0) is 6.42 Å².